The minimum Gasteiger partial charge on any atom is -0.393 e. The number of rotatable bonds is 7. The first-order chi connectivity index (χ1) is 15.0. The number of fused-ring (bicyclic) bond motifs is 1. The van der Waals surface area contributed by atoms with Crippen LogP contribution < -0.4 is 15.5 Å². The zero-order valence-electron chi connectivity index (χ0n) is 17.7. The van der Waals surface area contributed by atoms with E-state index in [-0.39, 0.29) is 17.9 Å². The number of nitrogens with one attached hydrogen (secondary N) is 2. The lowest BCUT2D eigenvalue weighted by Crippen LogP contribution is -2.23. The summed E-state index contributed by atoms with van der Waals surface area (Å²) in [5.41, 5.74) is 2.60. The SMILES string of the molecule is CNC(=O)n1ccc2cc(N(CC[C@H](C)O)c3ccnc(NC(=O)C4CC4)c3)ccc21. The van der Waals surface area contributed by atoms with Crippen molar-refractivity contribution in [1.29, 1.82) is 0 Å². The van der Waals surface area contributed by atoms with Crippen LogP contribution in [0.2, 0.25) is 0 Å². The van der Waals surface area contributed by atoms with E-state index in [0.717, 1.165) is 35.1 Å². The molecule has 1 fully saturated rings. The first kappa shape index (κ1) is 20.9. The molecule has 1 atom stereocenters. The normalized spacial score (nSPS) is 14.3. The lowest BCUT2D eigenvalue weighted by molar-refractivity contribution is -0.117. The largest absolute Gasteiger partial charge is 0.393 e. The number of benzene rings is 1. The molecule has 0 bridgehead atoms. The van der Waals surface area contributed by atoms with Gasteiger partial charge in [0.05, 0.1) is 11.6 Å². The lowest BCUT2D eigenvalue weighted by Gasteiger charge is -2.26. The van der Waals surface area contributed by atoms with E-state index in [1.54, 1.807) is 30.9 Å². The van der Waals surface area contributed by atoms with Crippen LogP contribution in [0, 0.1) is 5.92 Å². The molecule has 2 aromatic heterocycles. The van der Waals surface area contributed by atoms with Crippen molar-refractivity contribution in [2.45, 2.75) is 32.3 Å². The highest BCUT2D eigenvalue weighted by atomic mass is 16.3. The Balaban J connectivity index is 1.66. The van der Waals surface area contributed by atoms with E-state index in [2.05, 4.69) is 20.5 Å². The van der Waals surface area contributed by atoms with Gasteiger partial charge in [-0.15, -0.1) is 0 Å². The van der Waals surface area contributed by atoms with Gasteiger partial charge in [-0.3, -0.25) is 9.36 Å². The highest BCUT2D eigenvalue weighted by molar-refractivity contribution is 5.95. The zero-order chi connectivity index (χ0) is 22.0. The first-order valence-corrected chi connectivity index (χ1v) is 10.5. The van der Waals surface area contributed by atoms with Gasteiger partial charge in [0, 0.05) is 54.7 Å². The van der Waals surface area contributed by atoms with Gasteiger partial charge < -0.3 is 20.6 Å². The second kappa shape index (κ2) is 8.77. The Labute approximate surface area is 180 Å². The van der Waals surface area contributed by atoms with Crippen LogP contribution in [0.25, 0.3) is 10.9 Å². The number of pyridine rings is 1. The van der Waals surface area contributed by atoms with Crippen LogP contribution in [-0.4, -0.2) is 46.3 Å². The Kier molecular flexibility index (Phi) is 5.90. The maximum absolute atomic E-state index is 12.1. The zero-order valence-corrected chi connectivity index (χ0v) is 17.7. The van der Waals surface area contributed by atoms with Gasteiger partial charge in [0.2, 0.25) is 5.91 Å². The fourth-order valence-corrected chi connectivity index (χ4v) is 3.55. The fourth-order valence-electron chi connectivity index (χ4n) is 3.55. The molecule has 0 aliphatic heterocycles. The summed E-state index contributed by atoms with van der Waals surface area (Å²) in [5, 5.41) is 16.3. The predicted molar refractivity (Wildman–Crippen MR) is 121 cm³/mol. The van der Waals surface area contributed by atoms with Gasteiger partial charge >= 0.3 is 6.03 Å². The molecule has 3 N–H and O–H groups in total. The van der Waals surface area contributed by atoms with Crippen LogP contribution in [-0.2, 0) is 4.79 Å². The standard InChI is InChI=1S/C23H27N5O3/c1-15(29)8-11-27(19-7-10-25-21(14-19)26-22(30)16-3-4-16)18-5-6-20-17(13-18)9-12-28(20)23(31)24-2/h5-7,9-10,12-16,29H,3-4,8,11H2,1-2H3,(H,24,31)(H,25,26,30)/t15-/m0/s1. The molecule has 31 heavy (non-hydrogen) atoms. The molecule has 0 saturated heterocycles. The molecule has 8 nitrogen and oxygen atoms in total. The minimum atomic E-state index is -0.448. The average molecular weight is 422 g/mol. The quantitative estimate of drug-likeness (QED) is 0.542. The molecule has 1 aliphatic rings. The third-order valence-electron chi connectivity index (χ3n) is 5.44. The van der Waals surface area contributed by atoms with Crippen molar-refractivity contribution in [3.8, 4) is 0 Å². The second-order valence-electron chi connectivity index (χ2n) is 7.94. The second-order valence-corrected chi connectivity index (χ2v) is 7.94. The summed E-state index contributed by atoms with van der Waals surface area (Å²) in [6, 6.07) is 11.3. The van der Waals surface area contributed by atoms with Crippen molar-refractivity contribution in [2.24, 2.45) is 5.92 Å². The molecular weight excluding hydrogens is 394 g/mol. The Morgan fingerprint density at radius 2 is 2.00 bits per heavy atom. The van der Waals surface area contributed by atoms with Crippen LogP contribution >= 0.6 is 0 Å². The molecule has 1 saturated carbocycles. The summed E-state index contributed by atoms with van der Waals surface area (Å²) < 4.78 is 1.57. The molecule has 162 valence electrons. The van der Waals surface area contributed by atoms with E-state index >= 15 is 0 Å². The highest BCUT2D eigenvalue weighted by Gasteiger charge is 2.29. The summed E-state index contributed by atoms with van der Waals surface area (Å²) in [4.78, 5) is 30.6. The molecule has 3 aromatic rings. The molecule has 1 aliphatic carbocycles. The van der Waals surface area contributed by atoms with E-state index in [1.807, 2.05) is 36.4 Å². The smallest absolute Gasteiger partial charge is 0.325 e. The molecular formula is C23H27N5O3. The summed E-state index contributed by atoms with van der Waals surface area (Å²) in [6.07, 6.45) is 5.41. The van der Waals surface area contributed by atoms with E-state index in [1.165, 1.54) is 0 Å². The number of carbonyl (C=O) groups excluding carboxylic acids is 2. The van der Waals surface area contributed by atoms with Gasteiger partial charge in [-0.05, 0) is 56.5 Å². The molecule has 0 spiro atoms. The topological polar surface area (TPSA) is 99.5 Å². The van der Waals surface area contributed by atoms with E-state index in [0.29, 0.717) is 18.8 Å². The number of hydrogen-bond donors (Lipinski definition) is 3. The maximum atomic E-state index is 12.1. The molecule has 0 radical (unpaired) electrons. The molecule has 4 rings (SSSR count). The number of amides is 2. The Morgan fingerprint density at radius 1 is 1.23 bits per heavy atom. The van der Waals surface area contributed by atoms with Crippen LogP contribution in [0.5, 0.6) is 0 Å². The van der Waals surface area contributed by atoms with Gasteiger partial charge in [0.15, 0.2) is 0 Å². The van der Waals surface area contributed by atoms with Crippen molar-refractivity contribution in [2.75, 3.05) is 23.8 Å². The number of nitrogens with zero attached hydrogens (tertiary/aromatic N) is 3. The number of hydrogen-bond acceptors (Lipinski definition) is 5. The van der Waals surface area contributed by atoms with Crippen molar-refractivity contribution < 1.29 is 14.7 Å². The number of aliphatic hydroxyl groups excluding tert-OH is 1. The first-order valence-electron chi connectivity index (χ1n) is 10.5. The van der Waals surface area contributed by atoms with Crippen molar-refractivity contribution >= 4 is 40.0 Å². The van der Waals surface area contributed by atoms with Gasteiger partial charge in [-0.1, -0.05) is 0 Å². The van der Waals surface area contributed by atoms with Crippen LogP contribution in [0.1, 0.15) is 26.2 Å². The minimum absolute atomic E-state index is 0.0112. The Bertz CT molecular complexity index is 1100. The van der Waals surface area contributed by atoms with E-state index < -0.39 is 6.10 Å². The van der Waals surface area contributed by atoms with Gasteiger partial charge in [0.25, 0.3) is 0 Å². The molecule has 2 heterocycles. The molecule has 8 heteroatoms. The van der Waals surface area contributed by atoms with Crippen molar-refractivity contribution in [3.05, 3.63) is 48.8 Å². The van der Waals surface area contributed by atoms with Crippen molar-refractivity contribution in [3.63, 3.8) is 0 Å². The number of carbonyl (C=O) groups is 2. The Morgan fingerprint density at radius 3 is 2.71 bits per heavy atom. The van der Waals surface area contributed by atoms with Crippen LogP contribution in [0.4, 0.5) is 22.0 Å². The average Bonchev–Trinajstić information content (AvgIpc) is 3.53. The molecule has 0 unspecified atom stereocenters. The third-order valence-corrected chi connectivity index (χ3v) is 5.44. The fraction of sp³-hybridized carbons (Fsp3) is 0.348. The number of aliphatic hydroxyl groups is 1. The lowest BCUT2D eigenvalue weighted by atomic mass is 10.1. The van der Waals surface area contributed by atoms with Crippen LogP contribution in [0.15, 0.2) is 48.8 Å². The van der Waals surface area contributed by atoms with Gasteiger partial charge in [-0.25, -0.2) is 9.78 Å². The van der Waals surface area contributed by atoms with Crippen molar-refractivity contribution in [1.82, 2.24) is 14.9 Å². The summed E-state index contributed by atoms with van der Waals surface area (Å²) in [7, 11) is 1.60. The summed E-state index contributed by atoms with van der Waals surface area (Å²) in [5.74, 6) is 0.629. The number of aromatic nitrogens is 2. The highest BCUT2D eigenvalue weighted by Crippen LogP contribution is 2.32. The van der Waals surface area contributed by atoms with Crippen LogP contribution in [0.3, 0.4) is 0 Å². The molecule has 2 amide bonds. The molecule has 1 aromatic carbocycles. The number of anilines is 3. The maximum Gasteiger partial charge on any atom is 0.325 e. The third kappa shape index (κ3) is 4.69. The van der Waals surface area contributed by atoms with Gasteiger partial charge in [0.1, 0.15) is 5.82 Å². The van der Waals surface area contributed by atoms with E-state index in [9.17, 15) is 14.7 Å². The predicted octanol–water partition coefficient (Wildman–Crippen LogP) is 3.48. The summed E-state index contributed by atoms with van der Waals surface area (Å²) in [6.45, 7) is 2.35. The Hall–Kier alpha value is -3.39. The van der Waals surface area contributed by atoms with E-state index in [4.69, 9.17) is 0 Å². The summed E-state index contributed by atoms with van der Waals surface area (Å²) >= 11 is 0. The van der Waals surface area contributed by atoms with Gasteiger partial charge in [-0.2, -0.15) is 0 Å². The monoisotopic (exact) mass is 421 g/mol.